The Morgan fingerprint density at radius 2 is 1.90 bits per heavy atom. The summed E-state index contributed by atoms with van der Waals surface area (Å²) in [6.07, 6.45) is 2.77. The molecule has 0 unspecified atom stereocenters. The van der Waals surface area contributed by atoms with Crippen LogP contribution in [-0.2, 0) is 10.0 Å². The van der Waals surface area contributed by atoms with Crippen molar-refractivity contribution in [3.05, 3.63) is 48.0 Å². The van der Waals surface area contributed by atoms with Crippen molar-refractivity contribution in [2.75, 3.05) is 25.5 Å². The predicted octanol–water partition coefficient (Wildman–Crippen LogP) is 3.73. The molecule has 1 amide bonds. The minimum Gasteiger partial charge on any atom is -0.494 e. The van der Waals surface area contributed by atoms with Crippen LogP contribution in [0.25, 0.3) is 10.2 Å². The summed E-state index contributed by atoms with van der Waals surface area (Å²) >= 11 is 1.33. The number of piperidine rings is 1. The molecule has 0 atom stereocenters. The summed E-state index contributed by atoms with van der Waals surface area (Å²) < 4.78 is 33.4. The van der Waals surface area contributed by atoms with E-state index in [1.807, 2.05) is 18.2 Å². The topological polar surface area (TPSA) is 88.6 Å². The number of aromatic nitrogens is 1. The maximum absolute atomic E-state index is 12.9. The molecule has 1 saturated heterocycles. The molecule has 152 valence electrons. The average Bonchev–Trinajstić information content (AvgIpc) is 3.17. The molecule has 1 aliphatic rings. The van der Waals surface area contributed by atoms with Gasteiger partial charge in [-0.25, -0.2) is 13.4 Å². The first kappa shape index (κ1) is 19.8. The number of thiazole rings is 1. The van der Waals surface area contributed by atoms with Crippen LogP contribution in [0.15, 0.2) is 47.4 Å². The summed E-state index contributed by atoms with van der Waals surface area (Å²) in [5.41, 5.74) is 0.950. The molecule has 9 heteroatoms. The van der Waals surface area contributed by atoms with Crippen LogP contribution in [0.1, 0.15) is 29.6 Å². The zero-order valence-corrected chi connectivity index (χ0v) is 17.6. The van der Waals surface area contributed by atoms with Crippen LogP contribution >= 0.6 is 11.3 Å². The highest BCUT2D eigenvalue weighted by Crippen LogP contribution is 2.32. The molecule has 3 aromatic rings. The molecule has 0 radical (unpaired) electrons. The lowest BCUT2D eigenvalue weighted by Gasteiger charge is -2.26. The van der Waals surface area contributed by atoms with Gasteiger partial charge in [0, 0.05) is 18.7 Å². The summed E-state index contributed by atoms with van der Waals surface area (Å²) in [4.78, 5) is 17.3. The largest absolute Gasteiger partial charge is 0.494 e. The Hall–Kier alpha value is -2.49. The van der Waals surface area contributed by atoms with Crippen LogP contribution in [-0.4, -0.2) is 43.8 Å². The zero-order chi connectivity index (χ0) is 20.4. The number of hydrogen-bond acceptors (Lipinski definition) is 6. The molecule has 7 nitrogen and oxygen atoms in total. The Balaban J connectivity index is 1.57. The van der Waals surface area contributed by atoms with Crippen molar-refractivity contribution in [2.24, 2.45) is 0 Å². The summed E-state index contributed by atoms with van der Waals surface area (Å²) in [6.45, 7) is 1.04. The molecule has 0 aliphatic carbocycles. The second-order valence-corrected chi connectivity index (χ2v) is 9.74. The minimum absolute atomic E-state index is 0.137. The Bertz CT molecular complexity index is 1150. The van der Waals surface area contributed by atoms with Crippen LogP contribution in [0.4, 0.5) is 5.13 Å². The quantitative estimate of drug-likeness (QED) is 0.665. The van der Waals surface area contributed by atoms with Gasteiger partial charge in [0.1, 0.15) is 11.3 Å². The van der Waals surface area contributed by atoms with Crippen molar-refractivity contribution in [3.8, 4) is 5.75 Å². The number of hydrogen-bond donors (Lipinski definition) is 1. The van der Waals surface area contributed by atoms with E-state index >= 15 is 0 Å². The van der Waals surface area contributed by atoms with Crippen molar-refractivity contribution >= 4 is 42.6 Å². The van der Waals surface area contributed by atoms with Crippen molar-refractivity contribution in [1.82, 2.24) is 9.29 Å². The van der Waals surface area contributed by atoms with E-state index in [2.05, 4.69) is 10.3 Å². The molecule has 1 N–H and O–H groups in total. The van der Waals surface area contributed by atoms with Gasteiger partial charge in [0.2, 0.25) is 10.0 Å². The first-order chi connectivity index (χ1) is 14.0. The van der Waals surface area contributed by atoms with Crippen LogP contribution in [0.2, 0.25) is 0 Å². The number of nitrogens with zero attached hydrogens (tertiary/aromatic N) is 2. The number of rotatable bonds is 5. The Kier molecular flexibility index (Phi) is 5.53. The van der Waals surface area contributed by atoms with Crippen molar-refractivity contribution in [3.63, 3.8) is 0 Å². The second-order valence-electron chi connectivity index (χ2n) is 6.77. The maximum atomic E-state index is 12.9. The molecule has 1 aromatic heterocycles. The third-order valence-corrected chi connectivity index (χ3v) is 7.70. The average molecular weight is 432 g/mol. The van der Waals surface area contributed by atoms with Gasteiger partial charge in [-0.1, -0.05) is 29.9 Å². The number of sulfonamides is 1. The standard InChI is InChI=1S/C20H21N3O4S2/c1-27-16-9-6-10-17-18(16)21-20(28-17)22-19(24)14-7-5-8-15(13-14)29(25,26)23-11-3-2-4-12-23/h5-10,13H,2-4,11-12H2,1H3,(H,21,22,24). The van der Waals surface area contributed by atoms with E-state index in [4.69, 9.17) is 4.74 Å². The number of benzene rings is 2. The fourth-order valence-electron chi connectivity index (χ4n) is 3.36. The SMILES string of the molecule is COc1cccc2sc(NC(=O)c3cccc(S(=O)(=O)N4CCCCC4)c3)nc12. The predicted molar refractivity (Wildman–Crippen MR) is 113 cm³/mol. The van der Waals surface area contributed by atoms with E-state index < -0.39 is 15.9 Å². The first-order valence-corrected chi connectivity index (χ1v) is 11.6. The number of nitrogens with one attached hydrogen (secondary N) is 1. The van der Waals surface area contributed by atoms with Gasteiger partial charge >= 0.3 is 0 Å². The highest BCUT2D eigenvalue weighted by Gasteiger charge is 2.26. The van der Waals surface area contributed by atoms with Gasteiger partial charge in [-0.05, 0) is 43.2 Å². The summed E-state index contributed by atoms with van der Waals surface area (Å²) in [6, 6.07) is 11.7. The number of carbonyl (C=O) groups is 1. The van der Waals surface area contributed by atoms with Crippen molar-refractivity contribution < 1.29 is 17.9 Å². The number of carbonyl (C=O) groups excluding carboxylic acids is 1. The van der Waals surface area contributed by atoms with Crippen LogP contribution < -0.4 is 10.1 Å². The van der Waals surface area contributed by atoms with E-state index in [1.54, 1.807) is 19.2 Å². The molecule has 1 aliphatic heterocycles. The lowest BCUT2D eigenvalue weighted by Crippen LogP contribution is -2.35. The zero-order valence-electron chi connectivity index (χ0n) is 15.9. The second kappa shape index (κ2) is 8.10. The molecule has 4 rings (SSSR count). The van der Waals surface area contributed by atoms with Crippen molar-refractivity contribution in [1.29, 1.82) is 0 Å². The smallest absolute Gasteiger partial charge is 0.257 e. The molecule has 0 saturated carbocycles. The molecule has 2 aromatic carbocycles. The van der Waals surface area contributed by atoms with Gasteiger partial charge in [0.25, 0.3) is 5.91 Å². The van der Waals surface area contributed by atoms with Crippen LogP contribution in [0.3, 0.4) is 0 Å². The third-order valence-electron chi connectivity index (χ3n) is 4.87. The third kappa shape index (κ3) is 3.98. The maximum Gasteiger partial charge on any atom is 0.257 e. The minimum atomic E-state index is -3.60. The molecule has 0 spiro atoms. The lowest BCUT2D eigenvalue weighted by atomic mass is 10.2. The Morgan fingerprint density at radius 1 is 1.14 bits per heavy atom. The number of methoxy groups -OCH3 is 1. The highest BCUT2D eigenvalue weighted by molar-refractivity contribution is 7.89. The van der Waals surface area contributed by atoms with Crippen LogP contribution in [0.5, 0.6) is 5.75 Å². The molecule has 1 fully saturated rings. The van der Waals surface area contributed by atoms with E-state index in [9.17, 15) is 13.2 Å². The Morgan fingerprint density at radius 3 is 2.66 bits per heavy atom. The van der Waals surface area contributed by atoms with Crippen LogP contribution in [0, 0.1) is 0 Å². The molecular formula is C20H21N3O4S2. The van der Waals surface area contributed by atoms with E-state index in [-0.39, 0.29) is 10.5 Å². The number of amides is 1. The molecule has 2 heterocycles. The fourth-order valence-corrected chi connectivity index (χ4v) is 5.80. The summed E-state index contributed by atoms with van der Waals surface area (Å²) in [5.74, 6) is 0.229. The van der Waals surface area contributed by atoms with E-state index in [1.165, 1.54) is 27.8 Å². The van der Waals surface area contributed by atoms with Gasteiger partial charge in [-0.2, -0.15) is 4.31 Å². The van der Waals surface area contributed by atoms with E-state index in [0.717, 1.165) is 24.0 Å². The summed E-state index contributed by atoms with van der Waals surface area (Å²) in [7, 11) is -2.03. The normalized spacial score (nSPS) is 15.3. The van der Waals surface area contributed by atoms with Gasteiger partial charge in [-0.3, -0.25) is 10.1 Å². The molecule has 29 heavy (non-hydrogen) atoms. The monoisotopic (exact) mass is 431 g/mol. The number of para-hydroxylation sites is 1. The highest BCUT2D eigenvalue weighted by atomic mass is 32.2. The Labute approximate surface area is 173 Å². The number of fused-ring (bicyclic) bond motifs is 1. The van der Waals surface area contributed by atoms with Gasteiger partial charge < -0.3 is 4.74 Å². The fraction of sp³-hybridized carbons (Fsp3) is 0.300. The van der Waals surface area contributed by atoms with Gasteiger partial charge in [0.05, 0.1) is 16.7 Å². The van der Waals surface area contributed by atoms with E-state index in [0.29, 0.717) is 29.5 Å². The lowest BCUT2D eigenvalue weighted by molar-refractivity contribution is 0.102. The van der Waals surface area contributed by atoms with Gasteiger partial charge in [0.15, 0.2) is 5.13 Å². The number of anilines is 1. The molecular weight excluding hydrogens is 410 g/mol. The molecule has 0 bridgehead atoms. The van der Waals surface area contributed by atoms with Crippen molar-refractivity contribution in [2.45, 2.75) is 24.2 Å². The first-order valence-electron chi connectivity index (χ1n) is 9.34. The number of ether oxygens (including phenoxy) is 1. The summed E-state index contributed by atoms with van der Waals surface area (Å²) in [5, 5.41) is 3.19. The van der Waals surface area contributed by atoms with Gasteiger partial charge in [-0.15, -0.1) is 0 Å².